The summed E-state index contributed by atoms with van der Waals surface area (Å²) in [5, 5.41) is 6.05. The number of carbonyl (C=O) groups excluding carboxylic acids is 1. The third-order valence-electron chi connectivity index (χ3n) is 4.24. The Kier molecular flexibility index (Phi) is 3.98. The van der Waals surface area contributed by atoms with Gasteiger partial charge in [0.1, 0.15) is 5.82 Å². The van der Waals surface area contributed by atoms with Gasteiger partial charge >= 0.3 is 0 Å². The average Bonchev–Trinajstić information content (AvgIpc) is 2.99. The molecule has 2 fully saturated rings. The number of hydrogen-bond acceptors (Lipinski definition) is 3. The summed E-state index contributed by atoms with van der Waals surface area (Å²) in [6, 6.07) is 6.97. The number of fused-ring (bicyclic) bond motifs is 1. The van der Waals surface area contributed by atoms with Crippen LogP contribution in [0.2, 0.25) is 0 Å². The number of carbonyl (C=O) groups is 1. The van der Waals surface area contributed by atoms with E-state index < -0.39 is 0 Å². The second-order valence-electron chi connectivity index (χ2n) is 5.58. The molecule has 4 nitrogen and oxygen atoms in total. The van der Waals surface area contributed by atoms with Gasteiger partial charge in [-0.3, -0.25) is 9.69 Å². The van der Waals surface area contributed by atoms with Crippen LogP contribution in [-0.2, 0) is 4.79 Å². The van der Waals surface area contributed by atoms with Crippen molar-refractivity contribution in [2.24, 2.45) is 0 Å². The molecule has 1 amide bonds. The van der Waals surface area contributed by atoms with Crippen LogP contribution in [-0.4, -0.2) is 42.5 Å². The first kappa shape index (κ1) is 13.5. The number of benzene rings is 1. The molecule has 0 saturated carbocycles. The average molecular weight is 277 g/mol. The van der Waals surface area contributed by atoms with Crippen molar-refractivity contribution < 1.29 is 9.18 Å². The largest absolute Gasteiger partial charge is 0.325 e. The molecule has 108 valence electrons. The molecule has 2 aliphatic heterocycles. The zero-order chi connectivity index (χ0) is 13.9. The molecule has 2 N–H and O–H groups in total. The first-order valence-corrected chi connectivity index (χ1v) is 7.25. The Morgan fingerprint density at radius 2 is 2.25 bits per heavy atom. The van der Waals surface area contributed by atoms with Gasteiger partial charge in [-0.15, -0.1) is 0 Å². The summed E-state index contributed by atoms with van der Waals surface area (Å²) in [4.78, 5) is 14.4. The SMILES string of the molecule is O=C(CNC1CCN2CCCC12)Nc1cccc(F)c1. The highest BCUT2D eigenvalue weighted by Crippen LogP contribution is 2.27. The zero-order valence-corrected chi connectivity index (χ0v) is 11.4. The Hall–Kier alpha value is -1.46. The van der Waals surface area contributed by atoms with Crippen molar-refractivity contribution in [1.29, 1.82) is 0 Å². The van der Waals surface area contributed by atoms with Gasteiger partial charge in [0.25, 0.3) is 0 Å². The van der Waals surface area contributed by atoms with Gasteiger partial charge in [0.15, 0.2) is 0 Å². The van der Waals surface area contributed by atoms with Crippen LogP contribution in [0.15, 0.2) is 24.3 Å². The van der Waals surface area contributed by atoms with Crippen LogP contribution in [0.5, 0.6) is 0 Å². The van der Waals surface area contributed by atoms with Crippen molar-refractivity contribution in [2.75, 3.05) is 25.0 Å². The maximum atomic E-state index is 13.0. The fraction of sp³-hybridized carbons (Fsp3) is 0.533. The first-order valence-electron chi connectivity index (χ1n) is 7.25. The molecule has 3 rings (SSSR count). The van der Waals surface area contributed by atoms with Crippen molar-refractivity contribution >= 4 is 11.6 Å². The van der Waals surface area contributed by atoms with E-state index in [0.29, 0.717) is 17.8 Å². The summed E-state index contributed by atoms with van der Waals surface area (Å²) < 4.78 is 13.0. The van der Waals surface area contributed by atoms with Crippen molar-refractivity contribution in [3.05, 3.63) is 30.1 Å². The van der Waals surface area contributed by atoms with E-state index in [9.17, 15) is 9.18 Å². The van der Waals surface area contributed by atoms with Crippen LogP contribution in [0.1, 0.15) is 19.3 Å². The van der Waals surface area contributed by atoms with Gasteiger partial charge in [0.2, 0.25) is 5.91 Å². The fourth-order valence-corrected chi connectivity index (χ4v) is 3.32. The maximum absolute atomic E-state index is 13.0. The summed E-state index contributed by atoms with van der Waals surface area (Å²) in [7, 11) is 0. The second kappa shape index (κ2) is 5.89. The zero-order valence-electron chi connectivity index (χ0n) is 11.4. The smallest absolute Gasteiger partial charge is 0.238 e. The van der Waals surface area contributed by atoms with E-state index >= 15 is 0 Å². The van der Waals surface area contributed by atoms with Crippen LogP contribution in [0.25, 0.3) is 0 Å². The van der Waals surface area contributed by atoms with Gasteiger partial charge < -0.3 is 10.6 Å². The van der Waals surface area contributed by atoms with Crippen LogP contribution in [0, 0.1) is 5.82 Å². The molecule has 2 aliphatic rings. The van der Waals surface area contributed by atoms with Gasteiger partial charge in [-0.25, -0.2) is 4.39 Å². The molecule has 1 aromatic carbocycles. The molecule has 5 heteroatoms. The number of nitrogens with one attached hydrogen (secondary N) is 2. The van der Waals surface area contributed by atoms with E-state index in [0.717, 1.165) is 13.0 Å². The lowest BCUT2D eigenvalue weighted by Gasteiger charge is -2.21. The molecule has 0 bridgehead atoms. The molecule has 20 heavy (non-hydrogen) atoms. The van der Waals surface area contributed by atoms with Crippen LogP contribution in [0.3, 0.4) is 0 Å². The Labute approximate surface area is 118 Å². The van der Waals surface area contributed by atoms with E-state index in [-0.39, 0.29) is 18.3 Å². The topological polar surface area (TPSA) is 44.4 Å². The summed E-state index contributed by atoms with van der Waals surface area (Å²) >= 11 is 0. The lowest BCUT2D eigenvalue weighted by molar-refractivity contribution is -0.115. The van der Waals surface area contributed by atoms with E-state index in [1.54, 1.807) is 12.1 Å². The minimum Gasteiger partial charge on any atom is -0.325 e. The summed E-state index contributed by atoms with van der Waals surface area (Å²) in [6.45, 7) is 2.61. The number of hydrogen-bond donors (Lipinski definition) is 2. The monoisotopic (exact) mass is 277 g/mol. The van der Waals surface area contributed by atoms with Crippen molar-refractivity contribution in [2.45, 2.75) is 31.3 Å². The summed E-state index contributed by atoms with van der Waals surface area (Å²) in [5.74, 6) is -0.458. The Balaban J connectivity index is 1.47. The van der Waals surface area contributed by atoms with Gasteiger partial charge in [-0.1, -0.05) is 6.07 Å². The molecule has 2 atom stereocenters. The molecular formula is C15H20FN3O. The van der Waals surface area contributed by atoms with E-state index in [2.05, 4.69) is 15.5 Å². The lowest BCUT2D eigenvalue weighted by atomic mass is 10.1. The summed E-state index contributed by atoms with van der Waals surface area (Å²) in [5.41, 5.74) is 0.505. The molecule has 0 aliphatic carbocycles. The molecule has 0 aromatic heterocycles. The Morgan fingerprint density at radius 3 is 3.10 bits per heavy atom. The molecule has 2 heterocycles. The standard InChI is InChI=1S/C15H20FN3O/c16-11-3-1-4-12(9-11)18-15(20)10-17-13-6-8-19-7-2-5-14(13)19/h1,3-4,9,13-14,17H,2,5-8,10H2,(H,18,20). The van der Waals surface area contributed by atoms with Crippen molar-refractivity contribution in [3.8, 4) is 0 Å². The van der Waals surface area contributed by atoms with E-state index in [1.165, 1.54) is 31.5 Å². The predicted molar refractivity (Wildman–Crippen MR) is 76.0 cm³/mol. The lowest BCUT2D eigenvalue weighted by Crippen LogP contribution is -2.42. The van der Waals surface area contributed by atoms with Crippen LogP contribution < -0.4 is 10.6 Å². The third kappa shape index (κ3) is 2.99. The molecule has 2 saturated heterocycles. The van der Waals surface area contributed by atoms with Crippen LogP contribution >= 0.6 is 0 Å². The number of anilines is 1. The van der Waals surface area contributed by atoms with Crippen LogP contribution in [0.4, 0.5) is 10.1 Å². The Morgan fingerprint density at radius 1 is 1.35 bits per heavy atom. The normalized spacial score (nSPS) is 25.6. The third-order valence-corrected chi connectivity index (χ3v) is 4.24. The van der Waals surface area contributed by atoms with Crippen molar-refractivity contribution in [1.82, 2.24) is 10.2 Å². The molecule has 0 spiro atoms. The Bertz CT molecular complexity index is 494. The highest BCUT2D eigenvalue weighted by atomic mass is 19.1. The number of halogens is 1. The quantitative estimate of drug-likeness (QED) is 0.878. The number of amides is 1. The molecule has 1 aromatic rings. The van der Waals surface area contributed by atoms with Gasteiger partial charge in [0, 0.05) is 24.3 Å². The van der Waals surface area contributed by atoms with Gasteiger partial charge in [-0.2, -0.15) is 0 Å². The molecular weight excluding hydrogens is 257 g/mol. The first-order chi connectivity index (χ1) is 9.72. The highest BCUT2D eigenvalue weighted by Gasteiger charge is 2.36. The summed E-state index contributed by atoms with van der Waals surface area (Å²) in [6.07, 6.45) is 3.60. The highest BCUT2D eigenvalue weighted by molar-refractivity contribution is 5.92. The second-order valence-corrected chi connectivity index (χ2v) is 5.58. The predicted octanol–water partition coefficient (Wildman–Crippen LogP) is 1.59. The number of nitrogens with zero attached hydrogens (tertiary/aromatic N) is 1. The maximum Gasteiger partial charge on any atom is 0.238 e. The minimum atomic E-state index is -0.340. The van der Waals surface area contributed by atoms with Gasteiger partial charge in [-0.05, 0) is 44.0 Å². The molecule has 2 unspecified atom stereocenters. The fourth-order valence-electron chi connectivity index (χ4n) is 3.32. The van der Waals surface area contributed by atoms with Gasteiger partial charge in [0.05, 0.1) is 6.54 Å². The molecule has 0 radical (unpaired) electrons. The van der Waals surface area contributed by atoms with E-state index in [4.69, 9.17) is 0 Å². The van der Waals surface area contributed by atoms with E-state index in [1.807, 2.05) is 0 Å². The van der Waals surface area contributed by atoms with Crippen molar-refractivity contribution in [3.63, 3.8) is 0 Å². The number of rotatable bonds is 4. The minimum absolute atomic E-state index is 0.118.